The minimum Gasteiger partial charge on any atom is -0.487 e. The molecule has 0 fully saturated rings. The van der Waals surface area contributed by atoms with Crippen LogP contribution in [0, 0.1) is 18.3 Å². The quantitative estimate of drug-likeness (QED) is 0.345. The molecule has 28 heavy (non-hydrogen) atoms. The van der Waals surface area contributed by atoms with Gasteiger partial charge in [0, 0.05) is 17.5 Å². The van der Waals surface area contributed by atoms with Crippen molar-refractivity contribution in [1.82, 2.24) is 4.98 Å². The summed E-state index contributed by atoms with van der Waals surface area (Å²) in [5.74, 6) is 1.62. The number of benzene rings is 1. The number of ether oxygens (including phenoxy) is 1. The highest BCUT2D eigenvalue weighted by molar-refractivity contribution is 5.82. The van der Waals surface area contributed by atoms with Crippen LogP contribution in [0.2, 0.25) is 0 Å². The van der Waals surface area contributed by atoms with E-state index >= 15 is 0 Å². The van der Waals surface area contributed by atoms with Crippen molar-refractivity contribution >= 4 is 6.08 Å². The Kier molecular flexibility index (Phi) is 4.69. The fourth-order valence-corrected chi connectivity index (χ4v) is 3.24. The number of hydrogen-bond acceptors (Lipinski definition) is 5. The standard InChI is InChI=1S/C23H18N2O3/c1-15-22(25-23(28-15)16-6-4-3-5-7-16)11-17-10-18-14-27-9-8-20(18)21(17)12-19(13-24)26-2/h3-10,12,14H,11H2,1-2H3/b19-12+. The molecule has 0 saturated heterocycles. The zero-order chi connectivity index (χ0) is 19.5. The molecule has 0 radical (unpaired) electrons. The van der Waals surface area contributed by atoms with Crippen LogP contribution in [-0.4, -0.2) is 12.1 Å². The molecule has 1 aliphatic heterocycles. The third kappa shape index (κ3) is 3.28. The third-order valence-electron chi connectivity index (χ3n) is 4.66. The second kappa shape index (κ2) is 7.45. The van der Waals surface area contributed by atoms with E-state index in [-0.39, 0.29) is 5.76 Å². The van der Waals surface area contributed by atoms with Gasteiger partial charge in [0.05, 0.1) is 25.3 Å². The normalized spacial score (nSPS) is 11.5. The molecule has 0 unspecified atom stereocenters. The molecule has 0 bridgehead atoms. The molecule has 0 spiro atoms. The Morgan fingerprint density at radius 1 is 1.21 bits per heavy atom. The first kappa shape index (κ1) is 17.6. The molecular weight excluding hydrogens is 352 g/mol. The predicted octanol–water partition coefficient (Wildman–Crippen LogP) is 5.45. The largest absolute Gasteiger partial charge is 0.487 e. The van der Waals surface area contributed by atoms with Gasteiger partial charge in [-0.1, -0.05) is 18.2 Å². The van der Waals surface area contributed by atoms with Crippen molar-refractivity contribution in [3.05, 3.63) is 83.3 Å². The molecule has 1 aromatic heterocycles. The van der Waals surface area contributed by atoms with Crippen LogP contribution < -0.4 is 0 Å². The smallest absolute Gasteiger partial charge is 0.226 e. The molecule has 1 aliphatic carbocycles. The van der Waals surface area contributed by atoms with Gasteiger partial charge in [0.25, 0.3) is 0 Å². The van der Waals surface area contributed by atoms with E-state index in [4.69, 9.17) is 18.6 Å². The summed E-state index contributed by atoms with van der Waals surface area (Å²) in [6.07, 6.45) is 5.65. The van der Waals surface area contributed by atoms with Crippen LogP contribution in [0.25, 0.3) is 28.7 Å². The Morgan fingerprint density at radius 2 is 2.04 bits per heavy atom. The summed E-state index contributed by atoms with van der Waals surface area (Å²) >= 11 is 0. The summed E-state index contributed by atoms with van der Waals surface area (Å²) in [5.41, 5.74) is 5.70. The molecule has 138 valence electrons. The lowest BCUT2D eigenvalue weighted by Gasteiger charge is -2.03. The van der Waals surface area contributed by atoms with Crippen molar-refractivity contribution in [2.24, 2.45) is 0 Å². The highest BCUT2D eigenvalue weighted by Crippen LogP contribution is 2.35. The number of aromatic nitrogens is 1. The van der Waals surface area contributed by atoms with Gasteiger partial charge in [0.1, 0.15) is 11.8 Å². The molecule has 4 rings (SSSR count). The number of rotatable bonds is 5. The fourth-order valence-electron chi connectivity index (χ4n) is 3.24. The Morgan fingerprint density at radius 3 is 2.79 bits per heavy atom. The van der Waals surface area contributed by atoms with Crippen molar-refractivity contribution in [2.45, 2.75) is 13.3 Å². The Balaban J connectivity index is 1.77. The Labute approximate surface area is 162 Å². The van der Waals surface area contributed by atoms with E-state index in [1.165, 1.54) is 7.11 Å². The summed E-state index contributed by atoms with van der Waals surface area (Å²) in [5, 5.41) is 9.26. The number of allylic oxidation sites excluding steroid dienone is 1. The second-order valence-corrected chi connectivity index (χ2v) is 6.40. The third-order valence-corrected chi connectivity index (χ3v) is 4.66. The van der Waals surface area contributed by atoms with Crippen molar-refractivity contribution in [3.8, 4) is 28.7 Å². The number of hydrogen-bond donors (Lipinski definition) is 0. The van der Waals surface area contributed by atoms with Crippen molar-refractivity contribution in [3.63, 3.8) is 0 Å². The molecule has 0 N–H and O–H groups in total. The second-order valence-electron chi connectivity index (χ2n) is 6.40. The number of methoxy groups -OCH3 is 1. The monoisotopic (exact) mass is 370 g/mol. The summed E-state index contributed by atoms with van der Waals surface area (Å²) < 4.78 is 16.3. The first-order chi connectivity index (χ1) is 13.7. The molecule has 0 amide bonds. The zero-order valence-electron chi connectivity index (χ0n) is 15.6. The number of nitriles is 1. The van der Waals surface area contributed by atoms with Gasteiger partial charge in [-0.25, -0.2) is 4.98 Å². The van der Waals surface area contributed by atoms with Crippen LogP contribution in [0.5, 0.6) is 0 Å². The minimum atomic E-state index is 0.247. The van der Waals surface area contributed by atoms with Gasteiger partial charge in [0.15, 0.2) is 5.76 Å². The zero-order valence-corrected chi connectivity index (χ0v) is 15.6. The Hall–Kier alpha value is -3.78. The van der Waals surface area contributed by atoms with Crippen LogP contribution in [0.4, 0.5) is 0 Å². The highest BCUT2D eigenvalue weighted by atomic mass is 16.5. The molecule has 0 saturated carbocycles. The number of aryl methyl sites for hydroxylation is 1. The maximum absolute atomic E-state index is 9.26. The minimum absolute atomic E-state index is 0.247. The summed E-state index contributed by atoms with van der Waals surface area (Å²) in [7, 11) is 1.49. The molecular formula is C23H18N2O3. The van der Waals surface area contributed by atoms with E-state index in [0.29, 0.717) is 12.3 Å². The topological polar surface area (TPSA) is 72.2 Å². The molecule has 2 aromatic rings. The van der Waals surface area contributed by atoms with Gasteiger partial charge >= 0.3 is 0 Å². The van der Waals surface area contributed by atoms with Crippen LogP contribution in [0.1, 0.15) is 22.6 Å². The van der Waals surface area contributed by atoms with Gasteiger partial charge in [0.2, 0.25) is 5.89 Å². The lowest BCUT2D eigenvalue weighted by molar-refractivity contribution is 0.313. The lowest BCUT2D eigenvalue weighted by atomic mass is 10.0. The van der Waals surface area contributed by atoms with Gasteiger partial charge < -0.3 is 13.6 Å². The molecule has 5 nitrogen and oxygen atoms in total. The molecule has 2 heterocycles. The van der Waals surface area contributed by atoms with E-state index in [1.54, 1.807) is 18.6 Å². The van der Waals surface area contributed by atoms with Gasteiger partial charge in [-0.2, -0.15) is 5.26 Å². The first-order valence-electron chi connectivity index (χ1n) is 8.85. The summed E-state index contributed by atoms with van der Waals surface area (Å²) in [4.78, 5) is 4.70. The Bertz CT molecular complexity index is 1150. The average molecular weight is 370 g/mol. The maximum atomic E-state index is 9.26. The predicted molar refractivity (Wildman–Crippen MR) is 105 cm³/mol. The SMILES string of the molecule is CO/C(C#N)=C/c1c(Cc2nc(-c3ccccc3)oc2C)cc2coccc1-2. The van der Waals surface area contributed by atoms with Crippen molar-refractivity contribution in [1.29, 1.82) is 5.26 Å². The first-order valence-corrected chi connectivity index (χ1v) is 8.85. The average Bonchev–Trinajstić information content (AvgIpc) is 3.27. The van der Waals surface area contributed by atoms with Crippen LogP contribution in [0.15, 0.2) is 69.6 Å². The number of oxazole rings is 1. The molecule has 5 heteroatoms. The van der Waals surface area contributed by atoms with Crippen molar-refractivity contribution in [2.75, 3.05) is 7.11 Å². The molecule has 0 atom stereocenters. The van der Waals surface area contributed by atoms with Crippen molar-refractivity contribution < 1.29 is 13.6 Å². The molecule has 1 aromatic carbocycles. The van der Waals surface area contributed by atoms with E-state index < -0.39 is 0 Å². The lowest BCUT2D eigenvalue weighted by Crippen LogP contribution is -1.92. The van der Waals surface area contributed by atoms with Crippen LogP contribution in [0.3, 0.4) is 0 Å². The van der Waals surface area contributed by atoms with E-state index in [1.807, 2.05) is 49.4 Å². The van der Waals surface area contributed by atoms with Crippen LogP contribution >= 0.6 is 0 Å². The van der Waals surface area contributed by atoms with Gasteiger partial charge in [-0.05, 0) is 54.0 Å². The fraction of sp³-hybridized carbons (Fsp3) is 0.130. The van der Waals surface area contributed by atoms with E-state index in [0.717, 1.165) is 39.3 Å². The van der Waals surface area contributed by atoms with Crippen LogP contribution in [-0.2, 0) is 11.2 Å². The maximum Gasteiger partial charge on any atom is 0.226 e. The van der Waals surface area contributed by atoms with Gasteiger partial charge in [-0.3, -0.25) is 0 Å². The molecule has 2 aliphatic rings. The highest BCUT2D eigenvalue weighted by Gasteiger charge is 2.19. The van der Waals surface area contributed by atoms with Gasteiger partial charge in [-0.15, -0.1) is 0 Å². The summed E-state index contributed by atoms with van der Waals surface area (Å²) in [6, 6.07) is 15.8. The summed E-state index contributed by atoms with van der Waals surface area (Å²) in [6.45, 7) is 1.91. The van der Waals surface area contributed by atoms with E-state index in [2.05, 4.69) is 6.07 Å². The number of fused-ring (bicyclic) bond motifs is 1. The van der Waals surface area contributed by atoms with E-state index in [9.17, 15) is 5.26 Å². The number of nitrogens with zero attached hydrogens (tertiary/aromatic N) is 2.